The van der Waals surface area contributed by atoms with Gasteiger partial charge in [-0.05, 0) is 31.2 Å². The lowest BCUT2D eigenvalue weighted by Gasteiger charge is -2.10. The standard InChI is InChI=1S/C16H14Cl2F3N3O2/c1-9-6-13(16(19,20)21)24-14(23-9)4-5-22-15(25)8-26-12-3-2-10(17)7-11(12)18/h2-3,6-7H,4-5,8H2,1H3,(H,22,25). The molecule has 0 aliphatic carbocycles. The van der Waals surface area contributed by atoms with Gasteiger partial charge in [0.1, 0.15) is 17.3 Å². The van der Waals surface area contributed by atoms with Crippen LogP contribution in [0.3, 0.4) is 0 Å². The number of nitrogens with zero attached hydrogens (tertiary/aromatic N) is 2. The number of hydrogen-bond acceptors (Lipinski definition) is 4. The first kappa shape index (κ1) is 20.3. The number of nitrogens with one attached hydrogen (secondary N) is 1. The van der Waals surface area contributed by atoms with E-state index in [1.807, 2.05) is 0 Å². The largest absolute Gasteiger partial charge is 0.482 e. The van der Waals surface area contributed by atoms with Crippen molar-refractivity contribution in [2.45, 2.75) is 19.5 Å². The third-order valence-corrected chi connectivity index (χ3v) is 3.64. The van der Waals surface area contributed by atoms with E-state index in [0.717, 1.165) is 6.07 Å². The predicted octanol–water partition coefficient (Wildman–Crippen LogP) is 3.85. The van der Waals surface area contributed by atoms with Crippen molar-refractivity contribution in [2.24, 2.45) is 0 Å². The number of ether oxygens (including phenoxy) is 1. The van der Waals surface area contributed by atoms with Gasteiger partial charge in [0.05, 0.1) is 5.02 Å². The van der Waals surface area contributed by atoms with Gasteiger partial charge in [-0.25, -0.2) is 9.97 Å². The second-order valence-corrected chi connectivity index (χ2v) is 6.12. The zero-order valence-electron chi connectivity index (χ0n) is 13.5. The number of benzene rings is 1. The first-order valence-corrected chi connectivity index (χ1v) is 8.17. The minimum absolute atomic E-state index is 0.000658. The van der Waals surface area contributed by atoms with Gasteiger partial charge in [0.25, 0.3) is 5.91 Å². The molecule has 0 atom stereocenters. The Hall–Kier alpha value is -2.06. The van der Waals surface area contributed by atoms with Crippen LogP contribution in [0.4, 0.5) is 13.2 Å². The van der Waals surface area contributed by atoms with Crippen LogP contribution in [0.15, 0.2) is 24.3 Å². The maximum Gasteiger partial charge on any atom is 0.433 e. The molecule has 0 saturated carbocycles. The quantitative estimate of drug-likeness (QED) is 0.789. The van der Waals surface area contributed by atoms with Crippen LogP contribution in [-0.4, -0.2) is 29.0 Å². The second-order valence-electron chi connectivity index (χ2n) is 5.27. The third kappa shape index (κ3) is 6.03. The summed E-state index contributed by atoms with van der Waals surface area (Å²) in [7, 11) is 0. The molecule has 1 aromatic carbocycles. The van der Waals surface area contributed by atoms with Crippen molar-refractivity contribution in [3.8, 4) is 5.75 Å². The summed E-state index contributed by atoms with van der Waals surface area (Å²) >= 11 is 11.7. The molecule has 0 bridgehead atoms. The number of aryl methyl sites for hydroxylation is 1. The van der Waals surface area contributed by atoms with Gasteiger partial charge in [-0.3, -0.25) is 4.79 Å². The molecule has 0 aliphatic heterocycles. The molecule has 0 saturated heterocycles. The highest BCUT2D eigenvalue weighted by Gasteiger charge is 2.33. The minimum atomic E-state index is -4.54. The molecular weight excluding hydrogens is 394 g/mol. The molecular formula is C16H14Cl2F3N3O2. The molecule has 2 aromatic rings. The van der Waals surface area contributed by atoms with Crippen molar-refractivity contribution in [1.29, 1.82) is 0 Å². The molecule has 1 N–H and O–H groups in total. The summed E-state index contributed by atoms with van der Waals surface area (Å²) in [6.07, 6.45) is -4.49. The molecule has 0 fully saturated rings. The predicted molar refractivity (Wildman–Crippen MR) is 90.4 cm³/mol. The Morgan fingerprint density at radius 3 is 2.62 bits per heavy atom. The molecule has 0 radical (unpaired) electrons. The lowest BCUT2D eigenvalue weighted by Crippen LogP contribution is -2.31. The number of alkyl halides is 3. The number of hydrogen-bond donors (Lipinski definition) is 1. The minimum Gasteiger partial charge on any atom is -0.482 e. The van der Waals surface area contributed by atoms with E-state index < -0.39 is 17.8 Å². The highest BCUT2D eigenvalue weighted by molar-refractivity contribution is 6.35. The SMILES string of the molecule is Cc1cc(C(F)(F)F)nc(CCNC(=O)COc2ccc(Cl)cc2Cl)n1. The Bertz CT molecular complexity index is 801. The van der Waals surface area contributed by atoms with Gasteiger partial charge in [-0.15, -0.1) is 0 Å². The van der Waals surface area contributed by atoms with E-state index in [1.165, 1.54) is 19.1 Å². The number of aromatic nitrogens is 2. The van der Waals surface area contributed by atoms with Crippen molar-refractivity contribution in [3.05, 3.63) is 51.5 Å². The Morgan fingerprint density at radius 1 is 1.23 bits per heavy atom. The summed E-state index contributed by atoms with van der Waals surface area (Å²) < 4.78 is 43.4. The fraction of sp³-hybridized carbons (Fsp3) is 0.312. The third-order valence-electron chi connectivity index (χ3n) is 3.11. The number of carbonyl (C=O) groups excluding carboxylic acids is 1. The first-order chi connectivity index (χ1) is 12.1. The Morgan fingerprint density at radius 2 is 1.96 bits per heavy atom. The zero-order valence-corrected chi connectivity index (χ0v) is 15.0. The summed E-state index contributed by atoms with van der Waals surface area (Å²) in [6.45, 7) is 1.21. The van der Waals surface area contributed by atoms with Gasteiger partial charge in [-0.1, -0.05) is 23.2 Å². The normalized spacial score (nSPS) is 11.3. The van der Waals surface area contributed by atoms with Crippen molar-refractivity contribution >= 4 is 29.1 Å². The average molecular weight is 408 g/mol. The van der Waals surface area contributed by atoms with Crippen LogP contribution in [0, 0.1) is 6.92 Å². The van der Waals surface area contributed by atoms with Crippen LogP contribution in [0.2, 0.25) is 10.0 Å². The zero-order chi connectivity index (χ0) is 19.3. The van der Waals surface area contributed by atoms with E-state index in [-0.39, 0.29) is 36.1 Å². The van der Waals surface area contributed by atoms with Gasteiger partial charge >= 0.3 is 6.18 Å². The monoisotopic (exact) mass is 407 g/mol. The molecule has 1 heterocycles. The Labute approximate surface area is 157 Å². The first-order valence-electron chi connectivity index (χ1n) is 7.41. The molecule has 1 amide bonds. The molecule has 0 aliphatic rings. The molecule has 0 spiro atoms. The van der Waals surface area contributed by atoms with E-state index >= 15 is 0 Å². The van der Waals surface area contributed by atoms with E-state index in [2.05, 4.69) is 15.3 Å². The Balaban J connectivity index is 1.84. The Kier molecular flexibility index (Phi) is 6.66. The molecule has 140 valence electrons. The maximum atomic E-state index is 12.7. The number of halogens is 5. The van der Waals surface area contributed by atoms with Crippen LogP contribution in [0.5, 0.6) is 5.75 Å². The van der Waals surface area contributed by atoms with Crippen molar-refractivity contribution in [1.82, 2.24) is 15.3 Å². The van der Waals surface area contributed by atoms with Crippen LogP contribution in [0.1, 0.15) is 17.2 Å². The van der Waals surface area contributed by atoms with Crippen molar-refractivity contribution in [2.75, 3.05) is 13.2 Å². The van der Waals surface area contributed by atoms with Gasteiger partial charge in [0, 0.05) is 23.7 Å². The van der Waals surface area contributed by atoms with Crippen LogP contribution >= 0.6 is 23.2 Å². The molecule has 0 unspecified atom stereocenters. The van der Waals surface area contributed by atoms with Gasteiger partial charge in [0.2, 0.25) is 0 Å². The van der Waals surface area contributed by atoms with E-state index in [1.54, 1.807) is 6.07 Å². The summed E-state index contributed by atoms with van der Waals surface area (Å²) in [4.78, 5) is 19.2. The lowest BCUT2D eigenvalue weighted by molar-refractivity contribution is -0.141. The maximum absolute atomic E-state index is 12.7. The fourth-order valence-electron chi connectivity index (χ4n) is 1.99. The van der Waals surface area contributed by atoms with Gasteiger partial charge in [0.15, 0.2) is 6.61 Å². The topological polar surface area (TPSA) is 64.1 Å². The summed E-state index contributed by atoms with van der Waals surface area (Å²) in [5.41, 5.74) is -0.804. The smallest absolute Gasteiger partial charge is 0.433 e. The second kappa shape index (κ2) is 8.55. The average Bonchev–Trinajstić information content (AvgIpc) is 2.52. The number of carbonyl (C=O) groups is 1. The van der Waals surface area contributed by atoms with E-state index in [0.29, 0.717) is 10.8 Å². The van der Waals surface area contributed by atoms with Gasteiger partial charge in [-0.2, -0.15) is 13.2 Å². The molecule has 5 nitrogen and oxygen atoms in total. The summed E-state index contributed by atoms with van der Waals surface area (Å²) in [5, 5.41) is 3.21. The summed E-state index contributed by atoms with van der Waals surface area (Å²) in [6, 6.07) is 5.43. The fourth-order valence-corrected chi connectivity index (χ4v) is 2.45. The lowest BCUT2D eigenvalue weighted by atomic mass is 10.3. The van der Waals surface area contributed by atoms with E-state index in [9.17, 15) is 18.0 Å². The highest BCUT2D eigenvalue weighted by Crippen LogP contribution is 2.28. The molecule has 26 heavy (non-hydrogen) atoms. The van der Waals surface area contributed by atoms with Crippen molar-refractivity contribution in [3.63, 3.8) is 0 Å². The number of amides is 1. The number of rotatable bonds is 6. The summed E-state index contributed by atoms with van der Waals surface area (Å²) in [5.74, 6) is -0.165. The van der Waals surface area contributed by atoms with Crippen LogP contribution < -0.4 is 10.1 Å². The molecule has 2 rings (SSSR count). The van der Waals surface area contributed by atoms with Crippen LogP contribution in [0.25, 0.3) is 0 Å². The van der Waals surface area contributed by atoms with E-state index in [4.69, 9.17) is 27.9 Å². The molecule has 1 aromatic heterocycles. The van der Waals surface area contributed by atoms with Crippen molar-refractivity contribution < 1.29 is 22.7 Å². The van der Waals surface area contributed by atoms with Gasteiger partial charge < -0.3 is 10.1 Å². The highest BCUT2D eigenvalue weighted by atomic mass is 35.5. The molecule has 10 heteroatoms. The van der Waals surface area contributed by atoms with Crippen LogP contribution in [-0.2, 0) is 17.4 Å².